The fourth-order valence-electron chi connectivity index (χ4n) is 1.29. The van der Waals surface area contributed by atoms with Gasteiger partial charge in [0.05, 0.1) is 0 Å². The molecule has 3 heteroatoms. The van der Waals surface area contributed by atoms with Gasteiger partial charge in [-0.05, 0) is 25.7 Å². The van der Waals surface area contributed by atoms with E-state index in [1.807, 2.05) is 0 Å². The standard InChI is InChI=1S/C10H17NOS/c1-2-8-11-10(12)13-9-6-4-3-5-7-9/h4,6,9H,2-3,5,7-8H2,1H3,(H,11,12)/t9-/m1/s1. The molecule has 1 rings (SSSR count). The predicted molar refractivity (Wildman–Crippen MR) is 58.1 cm³/mol. The molecule has 0 heterocycles. The van der Waals surface area contributed by atoms with Crippen molar-refractivity contribution in [3.8, 4) is 0 Å². The fraction of sp³-hybridized carbons (Fsp3) is 0.700. The summed E-state index contributed by atoms with van der Waals surface area (Å²) >= 11 is 1.42. The van der Waals surface area contributed by atoms with Gasteiger partial charge in [-0.15, -0.1) is 0 Å². The van der Waals surface area contributed by atoms with Gasteiger partial charge in [-0.2, -0.15) is 0 Å². The molecule has 1 N–H and O–H groups in total. The summed E-state index contributed by atoms with van der Waals surface area (Å²) in [5.41, 5.74) is 0. The smallest absolute Gasteiger partial charge is 0.279 e. The average molecular weight is 199 g/mol. The summed E-state index contributed by atoms with van der Waals surface area (Å²) < 4.78 is 0. The molecule has 1 atom stereocenters. The zero-order chi connectivity index (χ0) is 9.52. The molecule has 0 saturated carbocycles. The molecule has 0 fully saturated rings. The largest absolute Gasteiger partial charge is 0.347 e. The Kier molecular flexibility index (Phi) is 4.98. The molecule has 2 nitrogen and oxygen atoms in total. The van der Waals surface area contributed by atoms with E-state index >= 15 is 0 Å². The Labute approximate surface area is 84.2 Å². The third kappa shape index (κ3) is 4.36. The second-order valence-electron chi connectivity index (χ2n) is 3.23. The molecular weight excluding hydrogens is 182 g/mol. The summed E-state index contributed by atoms with van der Waals surface area (Å²) in [6.07, 6.45) is 8.87. The molecule has 0 aromatic heterocycles. The number of rotatable bonds is 3. The Bertz CT molecular complexity index is 191. The molecule has 0 unspecified atom stereocenters. The minimum Gasteiger partial charge on any atom is -0.347 e. The van der Waals surface area contributed by atoms with Gasteiger partial charge in [-0.1, -0.05) is 30.8 Å². The van der Waals surface area contributed by atoms with Crippen LogP contribution in [0.1, 0.15) is 32.6 Å². The second-order valence-corrected chi connectivity index (χ2v) is 4.44. The van der Waals surface area contributed by atoms with Crippen molar-refractivity contribution in [3.63, 3.8) is 0 Å². The molecule has 74 valence electrons. The maximum Gasteiger partial charge on any atom is 0.279 e. The highest BCUT2D eigenvalue weighted by Gasteiger charge is 2.12. The number of thioether (sulfide) groups is 1. The molecule has 0 aromatic rings. The maximum atomic E-state index is 11.3. The third-order valence-electron chi connectivity index (χ3n) is 1.99. The molecule has 0 aliphatic heterocycles. The second kappa shape index (κ2) is 6.08. The van der Waals surface area contributed by atoms with Gasteiger partial charge >= 0.3 is 0 Å². The van der Waals surface area contributed by atoms with Crippen molar-refractivity contribution < 1.29 is 4.79 Å². The number of nitrogens with one attached hydrogen (secondary N) is 1. The van der Waals surface area contributed by atoms with Crippen molar-refractivity contribution in [2.45, 2.75) is 37.9 Å². The van der Waals surface area contributed by atoms with Crippen molar-refractivity contribution in [2.24, 2.45) is 0 Å². The van der Waals surface area contributed by atoms with E-state index in [1.165, 1.54) is 24.6 Å². The first kappa shape index (κ1) is 10.6. The molecule has 13 heavy (non-hydrogen) atoms. The molecule has 0 spiro atoms. The van der Waals surface area contributed by atoms with E-state index in [0.29, 0.717) is 5.25 Å². The van der Waals surface area contributed by atoms with Crippen LogP contribution in [0.3, 0.4) is 0 Å². The lowest BCUT2D eigenvalue weighted by molar-refractivity contribution is 0.260. The summed E-state index contributed by atoms with van der Waals surface area (Å²) in [4.78, 5) is 11.3. The number of allylic oxidation sites excluding steroid dienone is 1. The van der Waals surface area contributed by atoms with Gasteiger partial charge in [0, 0.05) is 11.8 Å². The first-order valence-electron chi connectivity index (χ1n) is 4.94. The van der Waals surface area contributed by atoms with E-state index in [9.17, 15) is 4.79 Å². The van der Waals surface area contributed by atoms with E-state index in [0.717, 1.165) is 19.4 Å². The van der Waals surface area contributed by atoms with Crippen LogP contribution in [0.4, 0.5) is 4.79 Å². The molecule has 0 aromatic carbocycles. The van der Waals surface area contributed by atoms with Crippen LogP contribution in [0.15, 0.2) is 12.2 Å². The maximum absolute atomic E-state index is 11.3. The zero-order valence-corrected chi connectivity index (χ0v) is 8.90. The van der Waals surface area contributed by atoms with E-state index in [4.69, 9.17) is 0 Å². The molecule has 1 aliphatic carbocycles. The molecule has 1 amide bonds. The molecule has 0 saturated heterocycles. The third-order valence-corrected chi connectivity index (χ3v) is 3.04. The lowest BCUT2D eigenvalue weighted by atomic mass is 10.1. The lowest BCUT2D eigenvalue weighted by Gasteiger charge is -2.14. The highest BCUT2D eigenvalue weighted by Crippen LogP contribution is 2.23. The Morgan fingerprint density at radius 3 is 3.15 bits per heavy atom. The fourth-order valence-corrected chi connectivity index (χ4v) is 2.22. The number of carbonyl (C=O) groups excluding carboxylic acids is 1. The van der Waals surface area contributed by atoms with Crippen molar-refractivity contribution >= 4 is 17.0 Å². The Morgan fingerprint density at radius 1 is 1.69 bits per heavy atom. The van der Waals surface area contributed by atoms with Crippen LogP contribution >= 0.6 is 11.8 Å². The molecule has 1 aliphatic rings. The van der Waals surface area contributed by atoms with Crippen LogP contribution in [0, 0.1) is 0 Å². The van der Waals surface area contributed by atoms with E-state index in [-0.39, 0.29) is 5.24 Å². The zero-order valence-electron chi connectivity index (χ0n) is 8.08. The van der Waals surface area contributed by atoms with Gasteiger partial charge in [0.15, 0.2) is 0 Å². The van der Waals surface area contributed by atoms with Crippen LogP contribution in [0.5, 0.6) is 0 Å². The molecule has 0 bridgehead atoms. The van der Waals surface area contributed by atoms with Gasteiger partial charge in [-0.25, -0.2) is 0 Å². The number of amides is 1. The van der Waals surface area contributed by atoms with Gasteiger partial charge in [0.1, 0.15) is 0 Å². The first-order chi connectivity index (χ1) is 6.33. The van der Waals surface area contributed by atoms with Crippen LogP contribution in [-0.2, 0) is 0 Å². The highest BCUT2D eigenvalue weighted by molar-refractivity contribution is 8.14. The van der Waals surface area contributed by atoms with Crippen LogP contribution < -0.4 is 5.32 Å². The minimum absolute atomic E-state index is 0.124. The Balaban J connectivity index is 2.18. The van der Waals surface area contributed by atoms with E-state index in [1.54, 1.807) is 0 Å². The predicted octanol–water partition coefficient (Wildman–Crippen LogP) is 2.95. The van der Waals surface area contributed by atoms with Gasteiger partial charge < -0.3 is 5.32 Å². The van der Waals surface area contributed by atoms with Crippen molar-refractivity contribution in [2.75, 3.05) is 6.54 Å². The topological polar surface area (TPSA) is 29.1 Å². The van der Waals surface area contributed by atoms with Crippen LogP contribution in [0.2, 0.25) is 0 Å². The van der Waals surface area contributed by atoms with Gasteiger partial charge in [-0.3, -0.25) is 4.79 Å². The number of hydrogen-bond donors (Lipinski definition) is 1. The van der Waals surface area contributed by atoms with E-state index in [2.05, 4.69) is 24.4 Å². The highest BCUT2D eigenvalue weighted by atomic mass is 32.2. The number of carbonyl (C=O) groups is 1. The summed E-state index contributed by atoms with van der Waals surface area (Å²) in [5, 5.41) is 3.40. The average Bonchev–Trinajstić information content (AvgIpc) is 2.16. The SMILES string of the molecule is CCCNC(=O)S[C@@H]1C=CCCC1. The Morgan fingerprint density at radius 2 is 2.54 bits per heavy atom. The lowest BCUT2D eigenvalue weighted by Crippen LogP contribution is -2.21. The summed E-state index contributed by atoms with van der Waals surface area (Å²) in [6.45, 7) is 2.85. The summed E-state index contributed by atoms with van der Waals surface area (Å²) in [7, 11) is 0. The normalized spacial score (nSPS) is 21.5. The van der Waals surface area contributed by atoms with Crippen molar-refractivity contribution in [1.82, 2.24) is 5.32 Å². The van der Waals surface area contributed by atoms with Gasteiger partial charge in [0.25, 0.3) is 5.24 Å². The summed E-state index contributed by atoms with van der Waals surface area (Å²) in [6, 6.07) is 0. The monoisotopic (exact) mass is 199 g/mol. The molecular formula is C10H17NOS. The van der Waals surface area contributed by atoms with Crippen LogP contribution in [0.25, 0.3) is 0 Å². The van der Waals surface area contributed by atoms with Gasteiger partial charge in [0.2, 0.25) is 0 Å². The van der Waals surface area contributed by atoms with Crippen LogP contribution in [-0.4, -0.2) is 17.0 Å². The first-order valence-corrected chi connectivity index (χ1v) is 5.82. The Hall–Kier alpha value is -0.440. The molecule has 0 radical (unpaired) electrons. The quantitative estimate of drug-likeness (QED) is 0.708. The van der Waals surface area contributed by atoms with E-state index < -0.39 is 0 Å². The summed E-state index contributed by atoms with van der Waals surface area (Å²) in [5.74, 6) is 0. The minimum atomic E-state index is 0.124. The van der Waals surface area contributed by atoms with Crippen molar-refractivity contribution in [1.29, 1.82) is 0 Å². The number of hydrogen-bond acceptors (Lipinski definition) is 2. The van der Waals surface area contributed by atoms with Crippen molar-refractivity contribution in [3.05, 3.63) is 12.2 Å².